The number of carbonyl (C=O) groups is 1. The Balaban J connectivity index is 1.52. The highest BCUT2D eigenvalue weighted by Crippen LogP contribution is 2.44. The number of amides is 1. The third-order valence-corrected chi connectivity index (χ3v) is 5.33. The third kappa shape index (κ3) is 2.91. The fourth-order valence-electron chi connectivity index (χ4n) is 3.95. The first-order chi connectivity index (χ1) is 12.1. The molecule has 1 N–H and O–H groups in total. The highest BCUT2D eigenvalue weighted by Gasteiger charge is 2.31. The summed E-state index contributed by atoms with van der Waals surface area (Å²) >= 11 is 0. The standard InChI is InChI=1S/C21H24N2O2/c1-14-12-23(15(2)11-22-14)21(24)25-13-20-18-9-5-3-7-16(18)17-8-4-6-10-19(17)20/h3-10,14-15,20,22H,11-13H2,1-2H3/t14-,15-/m0/s1. The average molecular weight is 336 g/mol. The Morgan fingerprint density at radius 1 is 1.08 bits per heavy atom. The van der Waals surface area contributed by atoms with Crippen molar-refractivity contribution in [3.63, 3.8) is 0 Å². The summed E-state index contributed by atoms with van der Waals surface area (Å²) in [4.78, 5) is 14.5. The van der Waals surface area contributed by atoms with E-state index in [-0.39, 0.29) is 18.1 Å². The van der Waals surface area contributed by atoms with Crippen LogP contribution in [0, 0.1) is 0 Å². The maximum atomic E-state index is 12.6. The van der Waals surface area contributed by atoms with Crippen molar-refractivity contribution in [1.29, 1.82) is 0 Å². The zero-order chi connectivity index (χ0) is 17.4. The summed E-state index contributed by atoms with van der Waals surface area (Å²) in [6, 6.07) is 17.3. The van der Waals surface area contributed by atoms with Gasteiger partial charge in [-0.3, -0.25) is 0 Å². The van der Waals surface area contributed by atoms with Crippen LogP contribution in [-0.2, 0) is 4.74 Å². The van der Waals surface area contributed by atoms with Gasteiger partial charge >= 0.3 is 6.09 Å². The fraction of sp³-hybridized carbons (Fsp3) is 0.381. The van der Waals surface area contributed by atoms with Gasteiger partial charge in [0.2, 0.25) is 0 Å². The molecule has 1 amide bonds. The summed E-state index contributed by atoms with van der Waals surface area (Å²) in [6.45, 7) is 6.04. The molecule has 1 aliphatic carbocycles. The van der Waals surface area contributed by atoms with Crippen molar-refractivity contribution in [2.45, 2.75) is 31.8 Å². The lowest BCUT2D eigenvalue weighted by atomic mass is 9.98. The van der Waals surface area contributed by atoms with Gasteiger partial charge in [0.25, 0.3) is 0 Å². The number of piperazine rings is 1. The summed E-state index contributed by atoms with van der Waals surface area (Å²) in [5.41, 5.74) is 5.00. The van der Waals surface area contributed by atoms with Crippen LogP contribution in [0.3, 0.4) is 0 Å². The molecule has 1 saturated heterocycles. The molecule has 4 heteroatoms. The predicted octanol–water partition coefficient (Wildman–Crippen LogP) is 3.62. The SMILES string of the molecule is C[C@H]1CN(C(=O)OCC2c3ccccc3-c3ccccc32)[C@@H](C)CN1. The molecule has 0 unspecified atom stereocenters. The quantitative estimate of drug-likeness (QED) is 0.911. The lowest BCUT2D eigenvalue weighted by Gasteiger charge is -2.36. The van der Waals surface area contributed by atoms with Crippen LogP contribution in [0.2, 0.25) is 0 Å². The van der Waals surface area contributed by atoms with E-state index in [1.54, 1.807) is 0 Å². The molecule has 4 nitrogen and oxygen atoms in total. The summed E-state index contributed by atoms with van der Waals surface area (Å²) in [7, 11) is 0. The minimum Gasteiger partial charge on any atom is -0.448 e. The molecule has 1 aliphatic heterocycles. The molecular weight excluding hydrogens is 312 g/mol. The zero-order valence-corrected chi connectivity index (χ0v) is 14.7. The topological polar surface area (TPSA) is 41.6 Å². The first-order valence-corrected chi connectivity index (χ1v) is 9.00. The molecule has 4 rings (SSSR count). The second kappa shape index (κ2) is 6.52. The van der Waals surface area contributed by atoms with Crippen LogP contribution in [0.1, 0.15) is 30.9 Å². The fourth-order valence-corrected chi connectivity index (χ4v) is 3.95. The van der Waals surface area contributed by atoms with Gasteiger partial charge in [0.1, 0.15) is 6.61 Å². The van der Waals surface area contributed by atoms with Crippen LogP contribution in [-0.4, -0.2) is 42.8 Å². The Morgan fingerprint density at radius 3 is 2.32 bits per heavy atom. The maximum absolute atomic E-state index is 12.6. The van der Waals surface area contributed by atoms with Crippen LogP contribution >= 0.6 is 0 Å². The third-order valence-electron chi connectivity index (χ3n) is 5.33. The Labute approximate surface area is 148 Å². The van der Waals surface area contributed by atoms with Crippen molar-refractivity contribution in [1.82, 2.24) is 10.2 Å². The molecule has 1 heterocycles. The molecule has 0 bridgehead atoms. The van der Waals surface area contributed by atoms with Crippen molar-refractivity contribution < 1.29 is 9.53 Å². The lowest BCUT2D eigenvalue weighted by molar-refractivity contribution is 0.0717. The molecule has 2 aromatic carbocycles. The van der Waals surface area contributed by atoms with Crippen molar-refractivity contribution in [3.05, 3.63) is 59.7 Å². The molecule has 0 saturated carbocycles. The number of hydrogen-bond acceptors (Lipinski definition) is 3. The van der Waals surface area contributed by atoms with E-state index < -0.39 is 0 Å². The summed E-state index contributed by atoms with van der Waals surface area (Å²) in [5, 5.41) is 3.39. The highest BCUT2D eigenvalue weighted by atomic mass is 16.6. The Bertz CT molecular complexity index is 743. The molecule has 0 spiro atoms. The normalized spacial score (nSPS) is 22.4. The predicted molar refractivity (Wildman–Crippen MR) is 98.7 cm³/mol. The van der Waals surface area contributed by atoms with Gasteiger partial charge in [-0.05, 0) is 36.1 Å². The molecule has 2 aliphatic rings. The Morgan fingerprint density at radius 2 is 1.68 bits per heavy atom. The number of fused-ring (bicyclic) bond motifs is 3. The summed E-state index contributed by atoms with van der Waals surface area (Å²) in [6.07, 6.45) is -0.206. The van der Waals surface area contributed by atoms with Gasteiger partial charge in [0, 0.05) is 31.1 Å². The molecular formula is C21H24N2O2. The van der Waals surface area contributed by atoms with Crippen molar-refractivity contribution in [2.75, 3.05) is 19.7 Å². The smallest absolute Gasteiger partial charge is 0.410 e. The number of carbonyl (C=O) groups excluding carboxylic acids is 1. The number of nitrogens with zero attached hydrogens (tertiary/aromatic N) is 1. The number of ether oxygens (including phenoxy) is 1. The molecule has 0 aromatic heterocycles. The van der Waals surface area contributed by atoms with E-state index in [0.717, 1.165) is 6.54 Å². The van der Waals surface area contributed by atoms with Crippen LogP contribution in [0.25, 0.3) is 11.1 Å². The molecule has 1 fully saturated rings. The van der Waals surface area contributed by atoms with E-state index in [4.69, 9.17) is 4.74 Å². The minimum atomic E-state index is -0.206. The van der Waals surface area contributed by atoms with Crippen LogP contribution in [0.15, 0.2) is 48.5 Å². The summed E-state index contributed by atoms with van der Waals surface area (Å²) < 4.78 is 5.76. The van der Waals surface area contributed by atoms with E-state index in [2.05, 4.69) is 67.7 Å². The van der Waals surface area contributed by atoms with E-state index in [9.17, 15) is 4.79 Å². The van der Waals surface area contributed by atoms with Gasteiger partial charge in [-0.15, -0.1) is 0 Å². The molecule has 2 aromatic rings. The summed E-state index contributed by atoms with van der Waals surface area (Å²) in [5.74, 6) is 0.118. The second-order valence-electron chi connectivity index (χ2n) is 7.11. The monoisotopic (exact) mass is 336 g/mol. The average Bonchev–Trinajstić information content (AvgIpc) is 2.96. The van der Waals surface area contributed by atoms with E-state index in [1.165, 1.54) is 22.3 Å². The van der Waals surface area contributed by atoms with Gasteiger partial charge in [-0.2, -0.15) is 0 Å². The number of nitrogens with one attached hydrogen (secondary N) is 1. The molecule has 2 atom stereocenters. The molecule has 0 radical (unpaired) electrons. The Hall–Kier alpha value is -2.33. The van der Waals surface area contributed by atoms with Crippen LogP contribution < -0.4 is 5.32 Å². The van der Waals surface area contributed by atoms with Crippen molar-refractivity contribution in [3.8, 4) is 11.1 Å². The van der Waals surface area contributed by atoms with E-state index in [0.29, 0.717) is 19.2 Å². The number of hydrogen-bond donors (Lipinski definition) is 1. The van der Waals surface area contributed by atoms with Crippen LogP contribution in [0.5, 0.6) is 0 Å². The van der Waals surface area contributed by atoms with Crippen molar-refractivity contribution >= 4 is 6.09 Å². The number of benzene rings is 2. The zero-order valence-electron chi connectivity index (χ0n) is 14.7. The van der Waals surface area contributed by atoms with Crippen LogP contribution in [0.4, 0.5) is 4.79 Å². The molecule has 130 valence electrons. The van der Waals surface area contributed by atoms with E-state index >= 15 is 0 Å². The van der Waals surface area contributed by atoms with Crippen molar-refractivity contribution in [2.24, 2.45) is 0 Å². The van der Waals surface area contributed by atoms with E-state index in [1.807, 2.05) is 4.90 Å². The second-order valence-corrected chi connectivity index (χ2v) is 7.11. The molecule has 25 heavy (non-hydrogen) atoms. The Kier molecular flexibility index (Phi) is 4.22. The van der Waals surface area contributed by atoms with Gasteiger partial charge in [-0.1, -0.05) is 48.5 Å². The maximum Gasteiger partial charge on any atom is 0.410 e. The van der Waals surface area contributed by atoms with Gasteiger partial charge in [0.05, 0.1) is 0 Å². The van der Waals surface area contributed by atoms with Gasteiger partial charge < -0.3 is 15.0 Å². The van der Waals surface area contributed by atoms with Gasteiger partial charge in [0.15, 0.2) is 0 Å². The number of rotatable bonds is 2. The first-order valence-electron chi connectivity index (χ1n) is 9.00. The largest absolute Gasteiger partial charge is 0.448 e. The lowest BCUT2D eigenvalue weighted by Crippen LogP contribution is -2.56. The minimum absolute atomic E-state index is 0.118. The highest BCUT2D eigenvalue weighted by molar-refractivity contribution is 5.79. The van der Waals surface area contributed by atoms with Gasteiger partial charge in [-0.25, -0.2) is 4.79 Å². The first kappa shape index (κ1) is 16.2.